The van der Waals surface area contributed by atoms with Crippen LogP contribution < -0.4 is 5.32 Å². The second kappa shape index (κ2) is 7.07. The number of aryl methyl sites for hydroxylation is 1. The summed E-state index contributed by atoms with van der Waals surface area (Å²) < 4.78 is 28.4. The van der Waals surface area contributed by atoms with Crippen molar-refractivity contribution in [2.75, 3.05) is 19.4 Å². The van der Waals surface area contributed by atoms with E-state index in [1.165, 1.54) is 17.2 Å². The normalized spacial score (nSPS) is 11.2. The Morgan fingerprint density at radius 3 is 2.65 bits per heavy atom. The number of alkyl halides is 2. The van der Waals surface area contributed by atoms with Crippen LogP contribution in [0, 0.1) is 6.92 Å². The van der Waals surface area contributed by atoms with Crippen molar-refractivity contribution in [3.05, 3.63) is 48.0 Å². The molecule has 1 amide bonds. The van der Waals surface area contributed by atoms with E-state index in [9.17, 15) is 13.6 Å². The molecule has 136 valence electrons. The third-order valence-electron chi connectivity index (χ3n) is 4.15. The first-order valence-electron chi connectivity index (χ1n) is 8.03. The largest absolute Gasteiger partial charge is 0.347 e. The molecule has 0 fully saturated rings. The summed E-state index contributed by atoms with van der Waals surface area (Å²) in [7, 11) is 3.39. The lowest BCUT2D eigenvalue weighted by Gasteiger charge is -2.14. The molecular weight excluding hydrogens is 340 g/mol. The fourth-order valence-corrected chi connectivity index (χ4v) is 2.70. The highest BCUT2D eigenvalue weighted by molar-refractivity contribution is 5.93. The summed E-state index contributed by atoms with van der Waals surface area (Å²) in [6.45, 7) is 1.85. The fraction of sp³-hybridized carbons (Fsp3) is 0.278. The fourth-order valence-electron chi connectivity index (χ4n) is 2.70. The van der Waals surface area contributed by atoms with Crippen molar-refractivity contribution in [3.8, 4) is 0 Å². The number of fused-ring (bicyclic) bond motifs is 1. The molecule has 0 atom stereocenters. The Morgan fingerprint density at radius 2 is 1.96 bits per heavy atom. The molecule has 0 bridgehead atoms. The van der Waals surface area contributed by atoms with Gasteiger partial charge in [-0.3, -0.25) is 9.78 Å². The van der Waals surface area contributed by atoms with Gasteiger partial charge in [-0.1, -0.05) is 0 Å². The van der Waals surface area contributed by atoms with Crippen LogP contribution in [0.15, 0.2) is 36.8 Å². The van der Waals surface area contributed by atoms with Crippen molar-refractivity contribution < 1.29 is 13.6 Å². The number of hydrogen-bond acceptors (Lipinski definition) is 4. The summed E-state index contributed by atoms with van der Waals surface area (Å²) in [5.74, 6) is 0.397. The van der Waals surface area contributed by atoms with Gasteiger partial charge >= 0.3 is 0 Å². The maximum Gasteiger partial charge on any atom is 0.265 e. The van der Waals surface area contributed by atoms with Gasteiger partial charge in [0, 0.05) is 43.6 Å². The number of nitrogens with zero attached hydrogens (tertiary/aromatic N) is 4. The van der Waals surface area contributed by atoms with Gasteiger partial charge in [-0.15, -0.1) is 0 Å². The molecule has 0 spiro atoms. The van der Waals surface area contributed by atoms with E-state index in [1.807, 2.05) is 0 Å². The highest BCUT2D eigenvalue weighted by atomic mass is 19.3. The number of carbonyl (C=O) groups excluding carboxylic acids is 1. The van der Waals surface area contributed by atoms with Gasteiger partial charge in [0.1, 0.15) is 12.4 Å². The Balaban J connectivity index is 2.01. The smallest absolute Gasteiger partial charge is 0.265 e. The Kier molecular flexibility index (Phi) is 4.83. The van der Waals surface area contributed by atoms with Crippen LogP contribution in [0.1, 0.15) is 17.7 Å². The summed E-state index contributed by atoms with van der Waals surface area (Å²) >= 11 is 0. The third kappa shape index (κ3) is 3.35. The lowest BCUT2D eigenvalue weighted by Crippen LogP contribution is -2.25. The molecule has 0 radical (unpaired) electrons. The number of anilines is 2. The first kappa shape index (κ1) is 17.8. The van der Waals surface area contributed by atoms with E-state index < -0.39 is 6.43 Å². The van der Waals surface area contributed by atoms with E-state index in [2.05, 4.69) is 15.3 Å². The van der Waals surface area contributed by atoms with E-state index in [-0.39, 0.29) is 23.7 Å². The number of rotatable bonds is 5. The van der Waals surface area contributed by atoms with Gasteiger partial charge < -0.3 is 14.8 Å². The number of amides is 1. The molecule has 3 rings (SSSR count). The first-order valence-corrected chi connectivity index (χ1v) is 8.03. The number of pyridine rings is 2. The van der Waals surface area contributed by atoms with Gasteiger partial charge in [-0.05, 0) is 25.1 Å². The molecule has 1 N–H and O–H groups in total. The van der Waals surface area contributed by atoms with Crippen molar-refractivity contribution in [3.63, 3.8) is 0 Å². The second-order valence-electron chi connectivity index (χ2n) is 6.11. The molecule has 0 aliphatic carbocycles. The van der Waals surface area contributed by atoms with Gasteiger partial charge in [0.05, 0.1) is 16.9 Å². The Hall–Kier alpha value is -3.03. The minimum Gasteiger partial charge on any atom is -0.347 e. The molecule has 0 aromatic carbocycles. The lowest BCUT2D eigenvalue weighted by atomic mass is 10.1. The number of carbonyl (C=O) groups is 1. The van der Waals surface area contributed by atoms with Crippen LogP contribution in [0.25, 0.3) is 10.9 Å². The average molecular weight is 359 g/mol. The molecule has 0 saturated carbocycles. The minimum atomic E-state index is -2.62. The van der Waals surface area contributed by atoms with Crippen molar-refractivity contribution >= 4 is 28.3 Å². The van der Waals surface area contributed by atoms with Gasteiger partial charge in [0.25, 0.3) is 6.43 Å². The van der Waals surface area contributed by atoms with Gasteiger partial charge in [0.15, 0.2) is 0 Å². The predicted molar refractivity (Wildman–Crippen MR) is 95.6 cm³/mol. The van der Waals surface area contributed by atoms with Crippen molar-refractivity contribution in [1.29, 1.82) is 0 Å². The van der Waals surface area contributed by atoms with E-state index >= 15 is 0 Å². The van der Waals surface area contributed by atoms with E-state index in [0.29, 0.717) is 11.5 Å². The first-order chi connectivity index (χ1) is 12.4. The summed E-state index contributed by atoms with van der Waals surface area (Å²) in [6, 6.07) is 4.88. The average Bonchev–Trinajstić information content (AvgIpc) is 3.00. The maximum atomic E-state index is 13.3. The summed E-state index contributed by atoms with van der Waals surface area (Å²) in [5, 5.41) is 3.73. The summed E-state index contributed by atoms with van der Waals surface area (Å²) in [6.07, 6.45) is 2.10. The molecule has 6 nitrogen and oxygen atoms in total. The van der Waals surface area contributed by atoms with Crippen LogP contribution >= 0.6 is 0 Å². The molecule has 26 heavy (non-hydrogen) atoms. The zero-order valence-corrected chi connectivity index (χ0v) is 14.7. The van der Waals surface area contributed by atoms with Crippen LogP contribution in [0.2, 0.25) is 0 Å². The molecule has 3 heterocycles. The van der Waals surface area contributed by atoms with E-state index in [1.54, 1.807) is 50.1 Å². The minimum absolute atomic E-state index is 0.0445. The standard InChI is InChI=1S/C18H19F2N5O/c1-11-16(13(17(19)20)4-7-21-11)23-18-12-6-9-25(10-15(26)24(2)3)14(12)5-8-22-18/h4-9,17H,10H2,1-3H3,(H,22,23). The zero-order chi connectivity index (χ0) is 18.8. The topological polar surface area (TPSA) is 63.1 Å². The highest BCUT2D eigenvalue weighted by Gasteiger charge is 2.17. The molecule has 8 heteroatoms. The molecule has 3 aromatic heterocycles. The lowest BCUT2D eigenvalue weighted by molar-refractivity contribution is -0.129. The van der Waals surface area contributed by atoms with Gasteiger partial charge in [-0.25, -0.2) is 13.8 Å². The van der Waals surface area contributed by atoms with E-state index in [0.717, 1.165) is 10.9 Å². The van der Waals surface area contributed by atoms with Crippen molar-refractivity contribution in [1.82, 2.24) is 19.4 Å². The highest BCUT2D eigenvalue weighted by Crippen LogP contribution is 2.32. The predicted octanol–water partition coefficient (Wildman–Crippen LogP) is 3.51. The molecule has 0 aliphatic heterocycles. The SMILES string of the molecule is Cc1nccc(C(F)F)c1Nc1nccc2c1ccn2CC(=O)N(C)C. The molecule has 0 aliphatic rings. The van der Waals surface area contributed by atoms with Crippen LogP contribution in [-0.2, 0) is 11.3 Å². The number of nitrogens with one attached hydrogen (secondary N) is 1. The summed E-state index contributed by atoms with van der Waals surface area (Å²) in [4.78, 5) is 21.9. The monoisotopic (exact) mass is 359 g/mol. The molecular formula is C18H19F2N5O. The molecule has 3 aromatic rings. The molecule has 0 saturated heterocycles. The van der Waals surface area contributed by atoms with Crippen molar-refractivity contribution in [2.45, 2.75) is 19.9 Å². The number of aromatic nitrogens is 3. The van der Waals surface area contributed by atoms with Crippen LogP contribution in [0.3, 0.4) is 0 Å². The van der Waals surface area contributed by atoms with Crippen molar-refractivity contribution in [2.24, 2.45) is 0 Å². The van der Waals surface area contributed by atoms with Crippen LogP contribution in [-0.4, -0.2) is 39.4 Å². The molecule has 0 unspecified atom stereocenters. The Bertz CT molecular complexity index is 952. The zero-order valence-electron chi connectivity index (χ0n) is 14.7. The maximum absolute atomic E-state index is 13.3. The quantitative estimate of drug-likeness (QED) is 0.757. The van der Waals surface area contributed by atoms with Gasteiger partial charge in [-0.2, -0.15) is 0 Å². The van der Waals surface area contributed by atoms with Crippen LogP contribution in [0.5, 0.6) is 0 Å². The number of likely N-dealkylation sites (N-methyl/N-ethyl adjacent to an activating group) is 1. The summed E-state index contributed by atoms with van der Waals surface area (Å²) in [5.41, 5.74) is 1.37. The van der Waals surface area contributed by atoms with Crippen LogP contribution in [0.4, 0.5) is 20.3 Å². The van der Waals surface area contributed by atoms with E-state index in [4.69, 9.17) is 0 Å². The van der Waals surface area contributed by atoms with Gasteiger partial charge in [0.2, 0.25) is 5.91 Å². The number of hydrogen-bond donors (Lipinski definition) is 1. The second-order valence-corrected chi connectivity index (χ2v) is 6.11. The number of halogens is 2. The Morgan fingerprint density at radius 1 is 1.23 bits per heavy atom. The Labute approximate surface area is 149 Å². The third-order valence-corrected chi connectivity index (χ3v) is 4.15.